The van der Waals surface area contributed by atoms with Crippen molar-refractivity contribution in [2.24, 2.45) is 0 Å². The van der Waals surface area contributed by atoms with Crippen LogP contribution in [-0.2, 0) is 0 Å². The Hall–Kier alpha value is -2.91. The van der Waals surface area contributed by atoms with Crippen LogP contribution >= 0.6 is 15.9 Å². The summed E-state index contributed by atoms with van der Waals surface area (Å²) in [5, 5.41) is 15.3. The fraction of sp³-hybridized carbons (Fsp3) is 0.0556. The Morgan fingerprint density at radius 3 is 2.46 bits per heavy atom. The van der Waals surface area contributed by atoms with Crippen molar-refractivity contribution >= 4 is 39.1 Å². The fourth-order valence-corrected chi connectivity index (χ4v) is 2.53. The predicted molar refractivity (Wildman–Crippen MR) is 98.6 cm³/mol. The van der Waals surface area contributed by atoms with E-state index in [1.807, 2.05) is 49.4 Å². The number of hydrogen-bond donors (Lipinski definition) is 2. The van der Waals surface area contributed by atoms with Crippen LogP contribution in [-0.4, -0.2) is 9.97 Å². The first-order chi connectivity index (χ1) is 11.6. The maximum absolute atomic E-state index is 8.85. The van der Waals surface area contributed by atoms with E-state index in [-0.39, 0.29) is 0 Å². The van der Waals surface area contributed by atoms with Crippen molar-refractivity contribution in [1.82, 2.24) is 9.97 Å². The molecule has 1 aromatic heterocycles. The maximum atomic E-state index is 8.85. The number of nitrogens with one attached hydrogen (secondary N) is 2. The molecular weight excluding hydrogens is 366 g/mol. The first-order valence-corrected chi connectivity index (χ1v) is 8.08. The molecule has 0 amide bonds. The molecule has 0 atom stereocenters. The van der Waals surface area contributed by atoms with Crippen molar-refractivity contribution < 1.29 is 0 Å². The molecule has 0 spiro atoms. The predicted octanol–water partition coefficient (Wildman–Crippen LogP) is 4.91. The van der Waals surface area contributed by atoms with Crippen molar-refractivity contribution in [3.8, 4) is 6.07 Å². The Morgan fingerprint density at radius 2 is 1.75 bits per heavy atom. The number of nitrogens with zero attached hydrogens (tertiary/aromatic N) is 3. The van der Waals surface area contributed by atoms with E-state index in [2.05, 4.69) is 42.6 Å². The highest BCUT2D eigenvalue weighted by Gasteiger charge is 2.05. The van der Waals surface area contributed by atoms with E-state index in [0.717, 1.165) is 21.5 Å². The minimum absolute atomic E-state index is 0.495. The van der Waals surface area contributed by atoms with Crippen LogP contribution in [0.15, 0.2) is 59.1 Å². The van der Waals surface area contributed by atoms with Gasteiger partial charge in [0.05, 0.1) is 17.3 Å². The summed E-state index contributed by atoms with van der Waals surface area (Å²) in [4.78, 5) is 8.89. The van der Waals surface area contributed by atoms with Crippen LogP contribution in [0.5, 0.6) is 0 Å². The molecule has 0 radical (unpaired) electrons. The minimum Gasteiger partial charge on any atom is -0.339 e. The Labute approximate surface area is 148 Å². The van der Waals surface area contributed by atoms with Crippen molar-refractivity contribution in [2.75, 3.05) is 10.6 Å². The number of benzene rings is 2. The van der Waals surface area contributed by atoms with Gasteiger partial charge < -0.3 is 10.6 Å². The van der Waals surface area contributed by atoms with Crippen LogP contribution in [0.1, 0.15) is 11.3 Å². The summed E-state index contributed by atoms with van der Waals surface area (Å²) in [5.41, 5.74) is 3.21. The fourth-order valence-electron chi connectivity index (χ4n) is 2.15. The summed E-state index contributed by atoms with van der Waals surface area (Å²) in [7, 11) is 0. The summed E-state index contributed by atoms with van der Waals surface area (Å²) in [6, 6.07) is 19.0. The lowest BCUT2D eigenvalue weighted by molar-refractivity contribution is 1.11. The largest absolute Gasteiger partial charge is 0.339 e. The van der Waals surface area contributed by atoms with Gasteiger partial charge in [0.1, 0.15) is 5.82 Å². The van der Waals surface area contributed by atoms with Gasteiger partial charge in [0.25, 0.3) is 0 Å². The molecule has 0 saturated heterocycles. The Kier molecular flexibility index (Phi) is 4.73. The number of para-hydroxylation sites is 1. The lowest BCUT2D eigenvalue weighted by Crippen LogP contribution is -2.02. The minimum atomic E-state index is 0.495. The topological polar surface area (TPSA) is 73.6 Å². The molecule has 6 heteroatoms. The molecule has 0 unspecified atom stereocenters. The van der Waals surface area contributed by atoms with E-state index in [1.54, 1.807) is 12.1 Å². The van der Waals surface area contributed by atoms with Gasteiger partial charge in [0, 0.05) is 21.9 Å². The van der Waals surface area contributed by atoms with Crippen LogP contribution < -0.4 is 10.6 Å². The second-order valence-corrected chi connectivity index (χ2v) is 5.99. The monoisotopic (exact) mass is 379 g/mol. The van der Waals surface area contributed by atoms with E-state index in [4.69, 9.17) is 5.26 Å². The SMILES string of the molecule is Cc1cc(Nc2ccccc2Br)nc(Nc2ccc(C#N)cc2)n1. The Balaban J connectivity index is 1.83. The zero-order valence-electron chi connectivity index (χ0n) is 12.9. The van der Waals surface area contributed by atoms with Crippen molar-refractivity contribution in [3.63, 3.8) is 0 Å². The van der Waals surface area contributed by atoms with E-state index in [0.29, 0.717) is 17.3 Å². The molecule has 2 aromatic carbocycles. The van der Waals surface area contributed by atoms with Crippen molar-refractivity contribution in [2.45, 2.75) is 6.92 Å². The molecular formula is C18H14BrN5. The van der Waals surface area contributed by atoms with Crippen LogP contribution in [0, 0.1) is 18.3 Å². The average Bonchev–Trinajstić information content (AvgIpc) is 2.57. The van der Waals surface area contributed by atoms with Gasteiger partial charge in [0.2, 0.25) is 5.95 Å². The highest BCUT2D eigenvalue weighted by molar-refractivity contribution is 9.10. The lowest BCUT2D eigenvalue weighted by atomic mass is 10.2. The van der Waals surface area contributed by atoms with Crippen LogP contribution in [0.25, 0.3) is 0 Å². The lowest BCUT2D eigenvalue weighted by Gasteiger charge is -2.11. The molecule has 0 aliphatic carbocycles. The van der Waals surface area contributed by atoms with Crippen LogP contribution in [0.3, 0.4) is 0 Å². The number of anilines is 4. The normalized spacial score (nSPS) is 10.0. The third kappa shape index (κ3) is 3.89. The third-order valence-corrected chi connectivity index (χ3v) is 3.95. The molecule has 5 nitrogen and oxygen atoms in total. The van der Waals surface area contributed by atoms with Gasteiger partial charge in [-0.1, -0.05) is 12.1 Å². The number of aryl methyl sites for hydroxylation is 1. The number of halogens is 1. The molecule has 0 aliphatic heterocycles. The highest BCUT2D eigenvalue weighted by atomic mass is 79.9. The third-order valence-electron chi connectivity index (χ3n) is 3.26. The summed E-state index contributed by atoms with van der Waals surface area (Å²) < 4.78 is 0.961. The Bertz CT molecular complexity index is 900. The van der Waals surface area contributed by atoms with Gasteiger partial charge in [-0.2, -0.15) is 10.2 Å². The summed E-state index contributed by atoms with van der Waals surface area (Å²) in [6.07, 6.45) is 0. The molecule has 0 aliphatic rings. The Morgan fingerprint density at radius 1 is 1.00 bits per heavy atom. The zero-order chi connectivity index (χ0) is 16.9. The maximum Gasteiger partial charge on any atom is 0.229 e. The van der Waals surface area contributed by atoms with E-state index in [9.17, 15) is 0 Å². The molecule has 3 aromatic rings. The van der Waals surface area contributed by atoms with Crippen molar-refractivity contribution in [3.05, 3.63) is 70.3 Å². The van der Waals surface area contributed by atoms with Gasteiger partial charge >= 0.3 is 0 Å². The van der Waals surface area contributed by atoms with Crippen LogP contribution in [0.4, 0.5) is 23.1 Å². The summed E-state index contributed by atoms with van der Waals surface area (Å²) in [6.45, 7) is 1.91. The van der Waals surface area contributed by atoms with Crippen LogP contribution in [0.2, 0.25) is 0 Å². The number of hydrogen-bond acceptors (Lipinski definition) is 5. The second kappa shape index (κ2) is 7.11. The summed E-state index contributed by atoms with van der Waals surface area (Å²) >= 11 is 3.51. The zero-order valence-corrected chi connectivity index (χ0v) is 14.5. The van der Waals surface area contributed by atoms with Gasteiger partial charge in [-0.05, 0) is 59.3 Å². The molecule has 2 N–H and O–H groups in total. The summed E-state index contributed by atoms with van der Waals surface area (Å²) in [5.74, 6) is 1.19. The number of rotatable bonds is 4. The smallest absolute Gasteiger partial charge is 0.229 e. The van der Waals surface area contributed by atoms with Gasteiger partial charge in [-0.3, -0.25) is 0 Å². The average molecular weight is 380 g/mol. The first kappa shape index (κ1) is 16.0. The number of aromatic nitrogens is 2. The van der Waals surface area contributed by atoms with E-state index in [1.165, 1.54) is 0 Å². The molecule has 1 heterocycles. The molecule has 24 heavy (non-hydrogen) atoms. The van der Waals surface area contributed by atoms with E-state index >= 15 is 0 Å². The van der Waals surface area contributed by atoms with Gasteiger partial charge in [0.15, 0.2) is 0 Å². The number of nitriles is 1. The molecule has 118 valence electrons. The van der Waals surface area contributed by atoms with Gasteiger partial charge in [-0.25, -0.2) is 4.98 Å². The molecule has 0 bridgehead atoms. The molecule has 3 rings (SSSR count). The van der Waals surface area contributed by atoms with Gasteiger partial charge in [-0.15, -0.1) is 0 Å². The first-order valence-electron chi connectivity index (χ1n) is 7.28. The van der Waals surface area contributed by atoms with Crippen molar-refractivity contribution in [1.29, 1.82) is 5.26 Å². The molecule has 0 fully saturated rings. The second-order valence-electron chi connectivity index (χ2n) is 5.14. The highest BCUT2D eigenvalue weighted by Crippen LogP contribution is 2.25. The standard InChI is InChI=1S/C18H14BrN5/c1-12-10-17(23-16-5-3-2-4-15(16)19)24-18(21-12)22-14-8-6-13(11-20)7-9-14/h2-10H,1H3,(H2,21,22,23,24). The van der Waals surface area contributed by atoms with E-state index < -0.39 is 0 Å². The quantitative estimate of drug-likeness (QED) is 0.673. The molecule has 0 saturated carbocycles.